The second-order valence-electron chi connectivity index (χ2n) is 10.6. The number of fused-ring (bicyclic) bond motifs is 5. The Bertz CT molecular complexity index is 917. The maximum atomic E-state index is 17.3. The molecule has 4 rings (SSSR count). The first kappa shape index (κ1) is 24.3. The number of halogens is 2. The number of aliphatic hydroxyl groups excluding tert-OH is 1. The number of aliphatic hydroxyl groups is 1. The number of carbonyl (C=O) groups is 2. The summed E-state index contributed by atoms with van der Waals surface area (Å²) in [6.07, 6.45) is 1.22. The van der Waals surface area contributed by atoms with Crippen molar-refractivity contribution >= 4 is 11.8 Å². The number of hydrogen-bond donors (Lipinski definition) is 1. The van der Waals surface area contributed by atoms with Crippen LogP contribution in [-0.4, -0.2) is 48.7 Å². The van der Waals surface area contributed by atoms with E-state index in [1.54, 1.807) is 0 Å². The van der Waals surface area contributed by atoms with E-state index in [2.05, 4.69) is 0 Å². The number of methoxy groups -OCH3 is 1. The van der Waals surface area contributed by atoms with Crippen molar-refractivity contribution in [2.45, 2.75) is 77.2 Å². The fourth-order valence-corrected chi connectivity index (χ4v) is 8.03. The summed E-state index contributed by atoms with van der Waals surface area (Å²) in [7, 11) is 1.34. The summed E-state index contributed by atoms with van der Waals surface area (Å²) in [6.45, 7) is 4.32. The van der Waals surface area contributed by atoms with E-state index in [4.69, 9.17) is 9.47 Å². The monoisotopic (exact) mass is 467 g/mol. The third-order valence-electron chi connectivity index (χ3n) is 9.53. The number of esters is 1. The van der Waals surface area contributed by atoms with E-state index in [0.717, 1.165) is 12.5 Å². The van der Waals surface area contributed by atoms with E-state index in [0.29, 0.717) is 19.3 Å². The van der Waals surface area contributed by atoms with Crippen molar-refractivity contribution < 1.29 is 38.1 Å². The van der Waals surface area contributed by atoms with E-state index in [-0.39, 0.29) is 36.1 Å². The van der Waals surface area contributed by atoms with Gasteiger partial charge < -0.3 is 14.6 Å². The van der Waals surface area contributed by atoms with Crippen molar-refractivity contribution in [3.8, 4) is 0 Å². The topological polar surface area (TPSA) is 92.7 Å². The fourth-order valence-electron chi connectivity index (χ4n) is 8.03. The van der Waals surface area contributed by atoms with Gasteiger partial charge in [-0.2, -0.15) is 5.11 Å². The lowest BCUT2D eigenvalue weighted by Crippen LogP contribution is -2.69. The molecule has 0 amide bonds. The van der Waals surface area contributed by atoms with E-state index in [1.807, 2.05) is 13.8 Å². The Morgan fingerprint density at radius 2 is 2.00 bits per heavy atom. The highest BCUT2D eigenvalue weighted by molar-refractivity contribution is 6.04. The van der Waals surface area contributed by atoms with Crippen LogP contribution in [0.15, 0.2) is 23.5 Å². The molecule has 3 saturated carbocycles. The normalized spacial score (nSPS) is 46.5. The van der Waals surface area contributed by atoms with Crippen LogP contribution in [0.3, 0.4) is 0 Å². The zero-order valence-corrected chi connectivity index (χ0v) is 19.7. The van der Waals surface area contributed by atoms with Crippen LogP contribution in [0.2, 0.25) is 0 Å². The maximum absolute atomic E-state index is 17.3. The van der Waals surface area contributed by atoms with E-state index in [1.165, 1.54) is 20.1 Å². The van der Waals surface area contributed by atoms with Crippen molar-refractivity contribution in [3.05, 3.63) is 23.5 Å². The second-order valence-corrected chi connectivity index (χ2v) is 10.6. The van der Waals surface area contributed by atoms with Crippen LogP contribution in [0.1, 0.15) is 59.3 Å². The molecule has 0 aromatic rings. The van der Waals surface area contributed by atoms with Crippen LogP contribution in [0.5, 0.6) is 0 Å². The van der Waals surface area contributed by atoms with Crippen LogP contribution in [0.4, 0.5) is 8.78 Å². The quantitative estimate of drug-likeness (QED) is 0.487. The predicted octanol–water partition coefficient (Wildman–Crippen LogP) is 4.00. The van der Waals surface area contributed by atoms with Gasteiger partial charge in [0.15, 0.2) is 11.4 Å². The van der Waals surface area contributed by atoms with Gasteiger partial charge in [-0.15, -0.1) is 0 Å². The smallest absolute Gasteiger partial charge is 0.312 e. The van der Waals surface area contributed by atoms with Crippen molar-refractivity contribution in [1.29, 1.82) is 0 Å². The number of ether oxygens (including phenoxy) is 2. The van der Waals surface area contributed by atoms with Gasteiger partial charge in [-0.3, -0.25) is 9.59 Å². The number of hydrogen-bond acceptors (Lipinski definition) is 5. The molecule has 0 aromatic carbocycles. The first-order valence-electron chi connectivity index (χ1n) is 11.8. The highest BCUT2D eigenvalue weighted by Gasteiger charge is 2.75. The zero-order valence-electron chi connectivity index (χ0n) is 19.7. The molecule has 6 nitrogen and oxygen atoms in total. The minimum absolute atomic E-state index is 0.0130. The van der Waals surface area contributed by atoms with Gasteiger partial charge in [-0.1, -0.05) is 20.3 Å². The summed E-state index contributed by atoms with van der Waals surface area (Å²) in [6, 6.07) is 0. The zero-order chi connectivity index (χ0) is 24.4. The molecule has 0 saturated heterocycles. The summed E-state index contributed by atoms with van der Waals surface area (Å²) in [5.41, 5.74) is -5.62. The summed E-state index contributed by atoms with van der Waals surface area (Å²) < 4.78 is 43.0. The molecule has 0 heterocycles. The maximum Gasteiger partial charge on any atom is 0.312 e. The van der Waals surface area contributed by atoms with Crippen LogP contribution in [0, 0.1) is 28.1 Å². The molecule has 0 aromatic heterocycles. The first-order chi connectivity index (χ1) is 15.5. The standard InChI is InChI=1S/C25H33F2O6/c1-5-7-24(21(31)32-4)8-6-14-15-9-17(26)16-10-18(29)19(33-13-28)11-23(16,3)25(15,27)20(30)12-22(14,24)2/h10-11,14-15,17,20,30H,5-9,12-13H2,1-4H3/t14?,15?,17-,20-,22-,23-,24+,25-/m0/s1. The van der Waals surface area contributed by atoms with E-state index < -0.39 is 52.7 Å². The molecule has 4 aliphatic rings. The van der Waals surface area contributed by atoms with E-state index >= 15 is 8.78 Å². The van der Waals surface area contributed by atoms with Crippen LogP contribution in [0.25, 0.3) is 0 Å². The molecule has 0 spiro atoms. The Labute approximate surface area is 193 Å². The number of alkyl halides is 2. The number of rotatable bonds is 5. The molecule has 8 atom stereocenters. The largest absolute Gasteiger partial charge is 0.469 e. The van der Waals surface area contributed by atoms with Gasteiger partial charge in [-0.25, -0.2) is 8.78 Å². The Hall–Kier alpha value is -1.80. The summed E-state index contributed by atoms with van der Waals surface area (Å²) >= 11 is 0. The molecule has 0 bridgehead atoms. The third-order valence-corrected chi connectivity index (χ3v) is 9.53. The highest BCUT2D eigenvalue weighted by atomic mass is 19.1. The minimum atomic E-state index is -2.29. The van der Waals surface area contributed by atoms with Gasteiger partial charge in [-0.05, 0) is 68.1 Å². The van der Waals surface area contributed by atoms with Crippen molar-refractivity contribution in [1.82, 2.24) is 0 Å². The van der Waals surface area contributed by atoms with Crippen molar-refractivity contribution in [2.24, 2.45) is 28.1 Å². The predicted molar refractivity (Wildman–Crippen MR) is 114 cm³/mol. The van der Waals surface area contributed by atoms with Gasteiger partial charge in [0.05, 0.1) is 24.0 Å². The van der Waals surface area contributed by atoms with Gasteiger partial charge >= 0.3 is 5.97 Å². The molecule has 33 heavy (non-hydrogen) atoms. The summed E-state index contributed by atoms with van der Waals surface area (Å²) in [5.74, 6) is -2.59. The Kier molecular flexibility index (Phi) is 5.80. The molecule has 2 unspecified atom stereocenters. The minimum Gasteiger partial charge on any atom is -0.469 e. The fraction of sp³-hybridized carbons (Fsp3) is 0.760. The Morgan fingerprint density at radius 3 is 2.61 bits per heavy atom. The molecule has 4 aliphatic carbocycles. The van der Waals surface area contributed by atoms with Crippen molar-refractivity contribution in [2.75, 3.05) is 13.9 Å². The first-order valence-corrected chi connectivity index (χ1v) is 11.8. The SMILES string of the molecule is CCC[C@]1(C(=O)OC)CCC2C3C[C@H](F)C4=CC(=O)C(OC[O])=C[C@]4(C)[C@@]3(F)[C@@H](O)C[C@@]21C. The molecule has 1 radical (unpaired) electrons. The van der Waals surface area contributed by atoms with E-state index in [9.17, 15) is 19.8 Å². The van der Waals surface area contributed by atoms with Gasteiger partial charge in [0.1, 0.15) is 6.17 Å². The van der Waals surface area contributed by atoms with Crippen molar-refractivity contribution in [3.63, 3.8) is 0 Å². The highest BCUT2D eigenvalue weighted by Crippen LogP contribution is 2.73. The molecule has 3 fully saturated rings. The lowest BCUT2D eigenvalue weighted by molar-refractivity contribution is -0.217. The lowest BCUT2D eigenvalue weighted by atomic mass is 9.43. The average molecular weight is 468 g/mol. The summed E-state index contributed by atoms with van der Waals surface area (Å²) in [4.78, 5) is 25.4. The summed E-state index contributed by atoms with van der Waals surface area (Å²) in [5, 5.41) is 22.4. The molecular weight excluding hydrogens is 434 g/mol. The van der Waals surface area contributed by atoms with Gasteiger partial charge in [0.25, 0.3) is 0 Å². The molecule has 183 valence electrons. The Morgan fingerprint density at radius 1 is 1.30 bits per heavy atom. The number of ketones is 1. The molecule has 8 heteroatoms. The number of allylic oxidation sites excluding steroid dienone is 3. The number of carbonyl (C=O) groups excluding carboxylic acids is 2. The van der Waals surface area contributed by atoms with Gasteiger partial charge in [0.2, 0.25) is 12.6 Å². The second kappa shape index (κ2) is 7.87. The Balaban J connectivity index is 1.85. The van der Waals surface area contributed by atoms with Crippen LogP contribution >= 0.6 is 0 Å². The third kappa shape index (κ3) is 2.89. The lowest BCUT2D eigenvalue weighted by Gasteiger charge is -2.63. The molecule has 0 aliphatic heterocycles. The molecule has 1 N–H and O–H groups in total. The van der Waals surface area contributed by atoms with Crippen LogP contribution < -0.4 is 0 Å². The van der Waals surface area contributed by atoms with Crippen LogP contribution in [-0.2, 0) is 24.2 Å². The van der Waals surface area contributed by atoms with Gasteiger partial charge in [0, 0.05) is 5.92 Å². The molecular formula is C25H33F2O6. The average Bonchev–Trinajstić information content (AvgIpc) is 3.05.